The molecule has 3 rings (SSSR count). The van der Waals surface area contributed by atoms with Gasteiger partial charge in [-0.15, -0.1) is 11.3 Å². The van der Waals surface area contributed by atoms with Gasteiger partial charge in [0.15, 0.2) is 10.9 Å². The second kappa shape index (κ2) is 15.8. The standard InChI is InChI=1S/C31H39N5O5S/c1-6-10-26(24-13-15-25(16-14-24)41-18-17-35(4)5)33-31(40)36(20-37)28(21(2)23-11-8-7-9-12-23)29(39)34-30-32-27(19-42-30)22(3)38/h7-9,11-16,19-21,26,28H,6,10,17-18H2,1-5H3,(H,33,40)(H,32,34,39)/t21?,26-,28-/m0/s1. The number of carbonyl (C=O) groups excluding carboxylic acids is 4. The fourth-order valence-corrected chi connectivity index (χ4v) is 5.17. The van der Waals surface area contributed by atoms with E-state index in [2.05, 4.69) is 15.6 Å². The van der Waals surface area contributed by atoms with Crippen LogP contribution < -0.4 is 15.4 Å². The Hall–Kier alpha value is -4.09. The highest BCUT2D eigenvalue weighted by molar-refractivity contribution is 7.14. The van der Waals surface area contributed by atoms with Crippen molar-refractivity contribution in [2.45, 2.75) is 51.6 Å². The Balaban J connectivity index is 1.84. The molecule has 3 aromatic rings. The number of nitrogens with one attached hydrogen (secondary N) is 2. The monoisotopic (exact) mass is 593 g/mol. The van der Waals surface area contributed by atoms with Gasteiger partial charge in [0.05, 0.1) is 6.04 Å². The summed E-state index contributed by atoms with van der Waals surface area (Å²) in [5.41, 5.74) is 1.85. The smallest absolute Gasteiger partial charge is 0.325 e. The maximum Gasteiger partial charge on any atom is 0.325 e. The summed E-state index contributed by atoms with van der Waals surface area (Å²) in [6, 6.07) is 14.4. The van der Waals surface area contributed by atoms with Crippen LogP contribution in [0, 0.1) is 0 Å². The lowest BCUT2D eigenvalue weighted by molar-refractivity contribution is -0.127. The number of ketones is 1. The zero-order valence-electron chi connectivity index (χ0n) is 24.7. The molecule has 0 aliphatic carbocycles. The molecule has 42 heavy (non-hydrogen) atoms. The van der Waals surface area contributed by atoms with Crippen LogP contribution in [0.2, 0.25) is 0 Å². The van der Waals surface area contributed by atoms with E-state index in [1.807, 2.05) is 80.5 Å². The highest BCUT2D eigenvalue weighted by Gasteiger charge is 2.36. The molecule has 0 aliphatic heterocycles. The van der Waals surface area contributed by atoms with E-state index in [1.165, 1.54) is 6.92 Å². The van der Waals surface area contributed by atoms with E-state index in [4.69, 9.17) is 4.74 Å². The highest BCUT2D eigenvalue weighted by atomic mass is 32.1. The fourth-order valence-electron chi connectivity index (χ4n) is 4.42. The van der Waals surface area contributed by atoms with Gasteiger partial charge in [-0.05, 0) is 43.8 Å². The molecule has 0 radical (unpaired) electrons. The number of nitrogens with zero attached hydrogens (tertiary/aromatic N) is 3. The molecule has 11 heteroatoms. The maximum atomic E-state index is 13.6. The summed E-state index contributed by atoms with van der Waals surface area (Å²) in [5.74, 6) is -0.646. The second-order valence-corrected chi connectivity index (χ2v) is 11.1. The number of thiazole rings is 1. The lowest BCUT2D eigenvalue weighted by atomic mass is 9.91. The summed E-state index contributed by atoms with van der Waals surface area (Å²) >= 11 is 1.10. The van der Waals surface area contributed by atoms with Crippen molar-refractivity contribution < 1.29 is 23.9 Å². The number of likely N-dealkylation sites (N-methyl/N-ethyl adjacent to an activating group) is 1. The summed E-state index contributed by atoms with van der Waals surface area (Å²) < 4.78 is 5.79. The van der Waals surface area contributed by atoms with Crippen LogP contribution in [0.25, 0.3) is 0 Å². The number of anilines is 1. The van der Waals surface area contributed by atoms with E-state index in [-0.39, 0.29) is 16.6 Å². The molecule has 2 aromatic carbocycles. The van der Waals surface area contributed by atoms with Crippen LogP contribution in [-0.2, 0) is 9.59 Å². The molecule has 10 nitrogen and oxygen atoms in total. The highest BCUT2D eigenvalue weighted by Crippen LogP contribution is 2.27. The van der Waals surface area contributed by atoms with Gasteiger partial charge in [-0.2, -0.15) is 0 Å². The van der Waals surface area contributed by atoms with Crippen LogP contribution in [0.4, 0.5) is 9.93 Å². The van der Waals surface area contributed by atoms with Crippen LogP contribution in [0.3, 0.4) is 0 Å². The average Bonchev–Trinajstić information content (AvgIpc) is 3.44. The number of hydrogen-bond acceptors (Lipinski definition) is 8. The molecule has 4 amide bonds. The van der Waals surface area contributed by atoms with Gasteiger partial charge in [0.25, 0.3) is 0 Å². The summed E-state index contributed by atoms with van der Waals surface area (Å²) in [7, 11) is 3.95. The largest absolute Gasteiger partial charge is 0.492 e. The quantitative estimate of drug-likeness (QED) is 0.186. The average molecular weight is 594 g/mol. The lowest BCUT2D eigenvalue weighted by Gasteiger charge is -2.32. The first-order chi connectivity index (χ1) is 20.1. The first-order valence-electron chi connectivity index (χ1n) is 13.9. The fraction of sp³-hybridized carbons (Fsp3) is 0.387. The number of urea groups is 1. The van der Waals surface area contributed by atoms with Crippen molar-refractivity contribution in [2.24, 2.45) is 0 Å². The number of benzene rings is 2. The van der Waals surface area contributed by atoms with Crippen molar-refractivity contribution in [3.63, 3.8) is 0 Å². The number of amides is 4. The number of imide groups is 1. The molecule has 1 aromatic heterocycles. The first-order valence-corrected chi connectivity index (χ1v) is 14.8. The SMILES string of the molecule is CCC[C@H](NC(=O)N(C=O)[C@H](C(=O)Nc1nc(C(C)=O)cs1)C(C)c1ccccc1)c1ccc(OCCN(C)C)cc1. The number of Topliss-reactive ketones (excluding diaryl/α,β-unsaturated/α-hetero) is 1. The minimum atomic E-state index is -1.19. The third-order valence-corrected chi connectivity index (χ3v) is 7.53. The van der Waals surface area contributed by atoms with Crippen LogP contribution in [0.1, 0.15) is 67.2 Å². The molecule has 0 aliphatic rings. The van der Waals surface area contributed by atoms with E-state index in [0.29, 0.717) is 19.4 Å². The molecule has 0 fully saturated rings. The van der Waals surface area contributed by atoms with E-state index in [1.54, 1.807) is 12.3 Å². The molecule has 2 N–H and O–H groups in total. The van der Waals surface area contributed by atoms with Gasteiger partial charge < -0.3 is 20.3 Å². The number of carbonyl (C=O) groups is 4. The van der Waals surface area contributed by atoms with Gasteiger partial charge in [0, 0.05) is 24.8 Å². The van der Waals surface area contributed by atoms with Crippen molar-refractivity contribution in [3.05, 3.63) is 76.8 Å². The number of aromatic nitrogens is 1. The first kappa shape index (κ1) is 32.4. The lowest BCUT2D eigenvalue weighted by Crippen LogP contribution is -2.53. The van der Waals surface area contributed by atoms with Crippen molar-refractivity contribution >= 4 is 40.6 Å². The second-order valence-electron chi connectivity index (χ2n) is 10.3. The Morgan fingerprint density at radius 1 is 1.05 bits per heavy atom. The molecule has 1 unspecified atom stereocenters. The van der Waals surface area contributed by atoms with Gasteiger partial charge in [-0.1, -0.05) is 62.7 Å². The summed E-state index contributed by atoms with van der Waals surface area (Å²) in [6.07, 6.45) is 1.78. The Bertz CT molecular complexity index is 1330. The van der Waals surface area contributed by atoms with E-state index >= 15 is 0 Å². The summed E-state index contributed by atoms with van der Waals surface area (Å²) in [4.78, 5) is 58.5. The van der Waals surface area contributed by atoms with Gasteiger partial charge in [0.1, 0.15) is 24.1 Å². The molecular weight excluding hydrogens is 554 g/mol. The van der Waals surface area contributed by atoms with Crippen molar-refractivity contribution in [1.82, 2.24) is 20.1 Å². The predicted molar refractivity (Wildman–Crippen MR) is 164 cm³/mol. The summed E-state index contributed by atoms with van der Waals surface area (Å²) in [5, 5.41) is 7.41. The normalized spacial score (nSPS) is 13.1. The number of ether oxygens (including phenoxy) is 1. The molecule has 0 spiro atoms. The number of hydrogen-bond donors (Lipinski definition) is 2. The Morgan fingerprint density at radius 2 is 1.74 bits per heavy atom. The Morgan fingerprint density at radius 3 is 2.31 bits per heavy atom. The number of rotatable bonds is 15. The molecule has 0 saturated heterocycles. The molecule has 3 atom stereocenters. The molecule has 0 saturated carbocycles. The van der Waals surface area contributed by atoms with E-state index < -0.39 is 29.9 Å². The van der Waals surface area contributed by atoms with E-state index in [9.17, 15) is 19.2 Å². The van der Waals surface area contributed by atoms with Crippen molar-refractivity contribution in [2.75, 3.05) is 32.6 Å². The third-order valence-electron chi connectivity index (χ3n) is 6.78. The van der Waals surface area contributed by atoms with Gasteiger partial charge in [-0.25, -0.2) is 9.78 Å². The zero-order chi connectivity index (χ0) is 30.6. The minimum absolute atomic E-state index is 0.207. The summed E-state index contributed by atoms with van der Waals surface area (Å²) in [6.45, 7) is 6.51. The molecule has 224 valence electrons. The maximum absolute atomic E-state index is 13.6. The van der Waals surface area contributed by atoms with E-state index in [0.717, 1.165) is 46.1 Å². The molecular formula is C31H39N5O5S. The van der Waals surface area contributed by atoms with Crippen molar-refractivity contribution in [3.8, 4) is 5.75 Å². The van der Waals surface area contributed by atoms with Gasteiger partial charge in [-0.3, -0.25) is 19.3 Å². The van der Waals surface area contributed by atoms with Gasteiger partial charge >= 0.3 is 6.03 Å². The van der Waals surface area contributed by atoms with Crippen LogP contribution in [-0.4, -0.2) is 72.2 Å². The molecule has 0 bridgehead atoms. The molecule has 1 heterocycles. The van der Waals surface area contributed by atoms with Crippen LogP contribution in [0.15, 0.2) is 60.0 Å². The van der Waals surface area contributed by atoms with Crippen LogP contribution in [0.5, 0.6) is 5.75 Å². The topological polar surface area (TPSA) is 121 Å². The van der Waals surface area contributed by atoms with Crippen molar-refractivity contribution in [1.29, 1.82) is 0 Å². The van der Waals surface area contributed by atoms with Gasteiger partial charge in [0.2, 0.25) is 12.3 Å². The van der Waals surface area contributed by atoms with Crippen LogP contribution >= 0.6 is 11.3 Å². The zero-order valence-corrected chi connectivity index (χ0v) is 25.5. The minimum Gasteiger partial charge on any atom is -0.492 e. The third kappa shape index (κ3) is 8.95. The Labute approximate surface area is 251 Å². The predicted octanol–water partition coefficient (Wildman–Crippen LogP) is 5.11. The Kier molecular flexibility index (Phi) is 12.2.